The van der Waals surface area contributed by atoms with Gasteiger partial charge in [-0.1, -0.05) is 23.8 Å². The van der Waals surface area contributed by atoms with Crippen molar-refractivity contribution < 1.29 is 9.15 Å². The smallest absolute Gasteiger partial charge is 0.257 e. The lowest BCUT2D eigenvalue weighted by atomic mass is 10.1. The van der Waals surface area contributed by atoms with Gasteiger partial charge in [0.15, 0.2) is 0 Å². The molecule has 24 heavy (non-hydrogen) atoms. The fourth-order valence-electron chi connectivity index (χ4n) is 2.53. The minimum absolute atomic E-state index is 0.0106. The lowest BCUT2D eigenvalue weighted by molar-refractivity contribution is 0.215. The maximum absolute atomic E-state index is 5.84. The molecule has 0 aliphatic rings. The average Bonchev–Trinajstić information content (AvgIpc) is 3.25. The van der Waals surface area contributed by atoms with Crippen molar-refractivity contribution in [3.63, 3.8) is 0 Å². The molecule has 0 aliphatic carbocycles. The summed E-state index contributed by atoms with van der Waals surface area (Å²) in [4.78, 5) is 3.16. The van der Waals surface area contributed by atoms with Crippen molar-refractivity contribution in [1.29, 1.82) is 0 Å². The normalized spacial score (nSPS) is 12.5. The fourth-order valence-corrected chi connectivity index (χ4v) is 3.17. The molecule has 0 radical (unpaired) electrons. The number of methoxy groups -OCH3 is 1. The quantitative estimate of drug-likeness (QED) is 0.667. The van der Waals surface area contributed by atoms with Gasteiger partial charge in [0.2, 0.25) is 5.89 Å². The Labute approximate surface area is 145 Å². The molecule has 3 aromatic rings. The standard InChI is InChI=1S/C18H21N3O2S/c1-12-7-8-15(22-4)14(10-12)11-21(3)13(2)17-19-20-18(23-17)16-6-5-9-24-16/h5-10,13H,11H2,1-4H3/t13-/m0/s1. The number of hydrogen-bond donors (Lipinski definition) is 0. The first-order valence-electron chi connectivity index (χ1n) is 7.79. The van der Waals surface area contributed by atoms with Gasteiger partial charge in [-0.25, -0.2) is 0 Å². The Bertz CT molecular complexity index is 798. The van der Waals surface area contributed by atoms with E-state index >= 15 is 0 Å². The number of nitrogens with zero attached hydrogens (tertiary/aromatic N) is 3. The van der Waals surface area contributed by atoms with Crippen LogP contribution >= 0.6 is 11.3 Å². The molecule has 1 atom stereocenters. The van der Waals surface area contributed by atoms with E-state index in [1.807, 2.05) is 30.6 Å². The fraction of sp³-hybridized carbons (Fsp3) is 0.333. The second-order valence-corrected chi connectivity index (χ2v) is 6.78. The SMILES string of the molecule is COc1ccc(C)cc1CN(C)[C@@H](C)c1nnc(-c2cccs2)o1. The van der Waals surface area contributed by atoms with Crippen LogP contribution in [-0.4, -0.2) is 29.3 Å². The third-order valence-electron chi connectivity index (χ3n) is 4.05. The van der Waals surface area contributed by atoms with Crippen molar-refractivity contribution in [3.05, 3.63) is 52.7 Å². The Kier molecular flexibility index (Phi) is 4.97. The number of hydrogen-bond acceptors (Lipinski definition) is 6. The number of aryl methyl sites for hydroxylation is 1. The summed E-state index contributed by atoms with van der Waals surface area (Å²) in [6, 6.07) is 10.2. The van der Waals surface area contributed by atoms with Crippen LogP contribution in [0.5, 0.6) is 5.75 Å². The second-order valence-electron chi connectivity index (χ2n) is 5.83. The maximum atomic E-state index is 5.84. The van der Waals surface area contributed by atoms with E-state index in [0.717, 1.165) is 22.7 Å². The zero-order valence-corrected chi connectivity index (χ0v) is 15.1. The number of ether oxygens (including phenoxy) is 1. The van der Waals surface area contributed by atoms with Crippen LogP contribution in [0, 0.1) is 6.92 Å². The van der Waals surface area contributed by atoms with Gasteiger partial charge in [0.1, 0.15) is 5.75 Å². The van der Waals surface area contributed by atoms with Crippen molar-refractivity contribution in [3.8, 4) is 16.5 Å². The molecule has 3 rings (SSSR count). The van der Waals surface area contributed by atoms with E-state index in [-0.39, 0.29) is 6.04 Å². The van der Waals surface area contributed by atoms with Crippen molar-refractivity contribution in [2.75, 3.05) is 14.2 Å². The number of rotatable bonds is 6. The van der Waals surface area contributed by atoms with Crippen LogP contribution in [-0.2, 0) is 6.54 Å². The van der Waals surface area contributed by atoms with Crippen LogP contribution in [0.25, 0.3) is 10.8 Å². The predicted molar refractivity (Wildman–Crippen MR) is 95.2 cm³/mol. The van der Waals surface area contributed by atoms with Crippen LogP contribution in [0.2, 0.25) is 0 Å². The molecule has 0 spiro atoms. The first kappa shape index (κ1) is 16.7. The highest BCUT2D eigenvalue weighted by Gasteiger charge is 2.20. The minimum Gasteiger partial charge on any atom is -0.496 e. The Hall–Kier alpha value is -2.18. The highest BCUT2D eigenvalue weighted by atomic mass is 32.1. The summed E-state index contributed by atoms with van der Waals surface area (Å²) in [5, 5.41) is 10.4. The molecule has 126 valence electrons. The number of thiophene rings is 1. The summed E-state index contributed by atoms with van der Waals surface area (Å²) in [6.07, 6.45) is 0. The molecule has 0 bridgehead atoms. The van der Waals surface area contributed by atoms with E-state index in [1.54, 1.807) is 18.4 Å². The largest absolute Gasteiger partial charge is 0.496 e. The van der Waals surface area contributed by atoms with Gasteiger partial charge in [0.05, 0.1) is 18.0 Å². The van der Waals surface area contributed by atoms with Gasteiger partial charge in [0, 0.05) is 12.1 Å². The molecule has 0 unspecified atom stereocenters. The zero-order chi connectivity index (χ0) is 17.1. The molecule has 0 amide bonds. The minimum atomic E-state index is 0.0106. The summed E-state index contributed by atoms with van der Waals surface area (Å²) in [6.45, 7) is 4.88. The van der Waals surface area contributed by atoms with Gasteiger partial charge in [-0.2, -0.15) is 0 Å². The molecule has 0 saturated carbocycles. The molecule has 6 heteroatoms. The van der Waals surface area contributed by atoms with Crippen LogP contribution in [0.3, 0.4) is 0 Å². The molecular formula is C18H21N3O2S. The third-order valence-corrected chi connectivity index (χ3v) is 4.90. The second kappa shape index (κ2) is 7.15. The van der Waals surface area contributed by atoms with Crippen LogP contribution in [0.1, 0.15) is 30.0 Å². The highest BCUT2D eigenvalue weighted by molar-refractivity contribution is 7.13. The van der Waals surface area contributed by atoms with E-state index in [4.69, 9.17) is 9.15 Å². The molecule has 0 saturated heterocycles. The Morgan fingerprint density at radius 3 is 2.83 bits per heavy atom. The van der Waals surface area contributed by atoms with Crippen molar-refractivity contribution >= 4 is 11.3 Å². The van der Waals surface area contributed by atoms with Crippen molar-refractivity contribution in [2.24, 2.45) is 0 Å². The Morgan fingerprint density at radius 1 is 1.29 bits per heavy atom. The van der Waals surface area contributed by atoms with E-state index in [0.29, 0.717) is 11.8 Å². The summed E-state index contributed by atoms with van der Waals surface area (Å²) in [5.41, 5.74) is 2.36. The van der Waals surface area contributed by atoms with Gasteiger partial charge in [-0.3, -0.25) is 4.90 Å². The molecule has 0 N–H and O–H groups in total. The average molecular weight is 343 g/mol. The molecule has 2 heterocycles. The summed E-state index contributed by atoms with van der Waals surface area (Å²) in [5.74, 6) is 2.09. The van der Waals surface area contributed by atoms with Gasteiger partial charge >= 0.3 is 0 Å². The summed E-state index contributed by atoms with van der Waals surface area (Å²) >= 11 is 1.59. The van der Waals surface area contributed by atoms with E-state index in [2.05, 4.69) is 41.1 Å². The third kappa shape index (κ3) is 3.49. The van der Waals surface area contributed by atoms with Crippen molar-refractivity contribution in [1.82, 2.24) is 15.1 Å². The van der Waals surface area contributed by atoms with Crippen LogP contribution in [0.15, 0.2) is 40.1 Å². The summed E-state index contributed by atoms with van der Waals surface area (Å²) < 4.78 is 11.3. The molecule has 1 aromatic carbocycles. The van der Waals surface area contributed by atoms with Gasteiger partial charge in [-0.15, -0.1) is 21.5 Å². The number of benzene rings is 1. The monoisotopic (exact) mass is 343 g/mol. The Balaban J connectivity index is 1.75. The molecule has 2 aromatic heterocycles. The number of aromatic nitrogens is 2. The lowest BCUT2D eigenvalue weighted by Crippen LogP contribution is -2.22. The van der Waals surface area contributed by atoms with Gasteiger partial charge in [0.25, 0.3) is 5.89 Å². The first-order valence-corrected chi connectivity index (χ1v) is 8.67. The molecule has 0 fully saturated rings. The van der Waals surface area contributed by atoms with E-state index in [9.17, 15) is 0 Å². The van der Waals surface area contributed by atoms with Crippen molar-refractivity contribution in [2.45, 2.75) is 26.4 Å². The topological polar surface area (TPSA) is 51.4 Å². The van der Waals surface area contributed by atoms with Crippen LogP contribution < -0.4 is 4.74 Å². The highest BCUT2D eigenvalue weighted by Crippen LogP contribution is 2.28. The summed E-state index contributed by atoms with van der Waals surface area (Å²) in [7, 11) is 3.74. The van der Waals surface area contributed by atoms with Gasteiger partial charge in [-0.05, 0) is 38.4 Å². The Morgan fingerprint density at radius 2 is 2.12 bits per heavy atom. The van der Waals surface area contributed by atoms with E-state index < -0.39 is 0 Å². The maximum Gasteiger partial charge on any atom is 0.257 e. The molecular weight excluding hydrogens is 322 g/mol. The zero-order valence-electron chi connectivity index (χ0n) is 14.3. The predicted octanol–water partition coefficient (Wildman–Crippen LogP) is 4.31. The van der Waals surface area contributed by atoms with Gasteiger partial charge < -0.3 is 9.15 Å². The van der Waals surface area contributed by atoms with E-state index in [1.165, 1.54) is 5.56 Å². The molecule has 5 nitrogen and oxygen atoms in total. The molecule has 0 aliphatic heterocycles. The van der Waals surface area contributed by atoms with Crippen LogP contribution in [0.4, 0.5) is 0 Å². The lowest BCUT2D eigenvalue weighted by Gasteiger charge is -2.23. The first-order chi connectivity index (χ1) is 11.6.